The van der Waals surface area contributed by atoms with Crippen molar-refractivity contribution in [2.24, 2.45) is 0 Å². The first-order valence-electron chi connectivity index (χ1n) is 7.30. The third-order valence-corrected chi connectivity index (χ3v) is 3.52. The summed E-state index contributed by atoms with van der Waals surface area (Å²) in [4.78, 5) is 0. The molecule has 0 aromatic heterocycles. The summed E-state index contributed by atoms with van der Waals surface area (Å²) >= 11 is 0. The summed E-state index contributed by atoms with van der Waals surface area (Å²) in [6.07, 6.45) is 5.19. The Labute approximate surface area is 121 Å². The molecular weight excluding hydrogens is 256 g/mol. The van der Waals surface area contributed by atoms with Gasteiger partial charge in [0, 0.05) is 0 Å². The van der Waals surface area contributed by atoms with Gasteiger partial charge >= 0.3 is 0 Å². The molecule has 2 rings (SSSR count). The SMILES string of the molecule is C=CCC[C@@H]1O[C@@H]2OC(C)(C)O[C@@H]2[C@@H]1OCC=C(C)C. The van der Waals surface area contributed by atoms with Crippen LogP contribution in [0.25, 0.3) is 0 Å². The Kier molecular flexibility index (Phi) is 5.02. The minimum absolute atomic E-state index is 0.00432. The van der Waals surface area contributed by atoms with Gasteiger partial charge in [-0.3, -0.25) is 0 Å². The minimum Gasteiger partial charge on any atom is -0.369 e. The summed E-state index contributed by atoms with van der Waals surface area (Å²) in [7, 11) is 0. The molecule has 114 valence electrons. The first-order valence-corrected chi connectivity index (χ1v) is 7.30. The molecule has 0 spiro atoms. The number of rotatable bonds is 6. The van der Waals surface area contributed by atoms with Crippen LogP contribution < -0.4 is 0 Å². The normalized spacial score (nSPS) is 34.8. The van der Waals surface area contributed by atoms with Crippen molar-refractivity contribution in [1.29, 1.82) is 0 Å². The highest BCUT2D eigenvalue weighted by Gasteiger charge is 2.54. The van der Waals surface area contributed by atoms with Crippen LogP contribution in [0.2, 0.25) is 0 Å². The lowest BCUT2D eigenvalue weighted by Crippen LogP contribution is -2.37. The molecule has 0 amide bonds. The van der Waals surface area contributed by atoms with Crippen molar-refractivity contribution in [2.45, 2.75) is 70.9 Å². The van der Waals surface area contributed by atoms with E-state index in [4.69, 9.17) is 18.9 Å². The van der Waals surface area contributed by atoms with Crippen molar-refractivity contribution >= 4 is 0 Å². The van der Waals surface area contributed by atoms with Crippen LogP contribution in [0, 0.1) is 0 Å². The summed E-state index contributed by atoms with van der Waals surface area (Å²) in [5, 5.41) is 0. The van der Waals surface area contributed by atoms with Gasteiger partial charge in [-0.1, -0.05) is 17.7 Å². The Bertz CT molecular complexity index is 371. The van der Waals surface area contributed by atoms with Crippen molar-refractivity contribution < 1.29 is 18.9 Å². The molecule has 0 unspecified atom stereocenters. The van der Waals surface area contributed by atoms with Gasteiger partial charge in [0.2, 0.25) is 0 Å². The average molecular weight is 282 g/mol. The molecule has 2 saturated heterocycles. The van der Waals surface area contributed by atoms with Gasteiger partial charge in [0.1, 0.15) is 12.2 Å². The first kappa shape index (κ1) is 15.7. The van der Waals surface area contributed by atoms with Crippen LogP contribution in [0.3, 0.4) is 0 Å². The highest BCUT2D eigenvalue weighted by Crippen LogP contribution is 2.39. The predicted octanol–water partition coefficient (Wildman–Crippen LogP) is 3.18. The van der Waals surface area contributed by atoms with E-state index in [-0.39, 0.29) is 24.6 Å². The molecule has 0 aromatic rings. The van der Waals surface area contributed by atoms with Crippen LogP contribution in [0.15, 0.2) is 24.3 Å². The second kappa shape index (κ2) is 6.39. The van der Waals surface area contributed by atoms with E-state index in [2.05, 4.69) is 26.5 Å². The Morgan fingerprint density at radius 3 is 2.70 bits per heavy atom. The van der Waals surface area contributed by atoms with Crippen LogP contribution in [-0.4, -0.2) is 37.0 Å². The fourth-order valence-electron chi connectivity index (χ4n) is 2.59. The minimum atomic E-state index is -0.600. The highest BCUT2D eigenvalue weighted by atomic mass is 16.8. The zero-order chi connectivity index (χ0) is 14.8. The Balaban J connectivity index is 2.00. The van der Waals surface area contributed by atoms with Crippen LogP contribution in [0.5, 0.6) is 0 Å². The second-order valence-electron chi connectivity index (χ2n) is 6.09. The van der Waals surface area contributed by atoms with Crippen LogP contribution in [0.1, 0.15) is 40.5 Å². The molecular formula is C16H26O4. The van der Waals surface area contributed by atoms with Crippen molar-refractivity contribution in [1.82, 2.24) is 0 Å². The van der Waals surface area contributed by atoms with Crippen LogP contribution in [-0.2, 0) is 18.9 Å². The van der Waals surface area contributed by atoms with Gasteiger partial charge < -0.3 is 18.9 Å². The lowest BCUT2D eigenvalue weighted by Gasteiger charge is -2.25. The zero-order valence-corrected chi connectivity index (χ0v) is 12.9. The standard InChI is InChI=1S/C16H26O4/c1-6-7-8-12-13(17-10-9-11(2)3)14-15(18-12)20-16(4,5)19-14/h6,9,12-15H,1,7-8,10H2,2-5H3/t12-,13+,14+,15+/m0/s1. The van der Waals surface area contributed by atoms with Gasteiger partial charge in [-0.2, -0.15) is 0 Å². The van der Waals surface area contributed by atoms with Crippen molar-refractivity contribution in [3.05, 3.63) is 24.3 Å². The Morgan fingerprint density at radius 1 is 1.30 bits per heavy atom. The first-order chi connectivity index (χ1) is 9.43. The molecule has 4 heteroatoms. The molecule has 0 aliphatic carbocycles. The van der Waals surface area contributed by atoms with Gasteiger partial charge in [0.05, 0.1) is 12.7 Å². The van der Waals surface area contributed by atoms with Crippen LogP contribution in [0.4, 0.5) is 0 Å². The van der Waals surface area contributed by atoms with E-state index in [1.54, 1.807) is 0 Å². The maximum Gasteiger partial charge on any atom is 0.190 e. The zero-order valence-electron chi connectivity index (χ0n) is 12.9. The molecule has 2 aliphatic heterocycles. The molecule has 0 aromatic carbocycles. The fourth-order valence-corrected chi connectivity index (χ4v) is 2.59. The molecule has 4 nitrogen and oxygen atoms in total. The molecule has 2 aliphatic rings. The number of ether oxygens (including phenoxy) is 4. The third kappa shape index (κ3) is 3.70. The maximum absolute atomic E-state index is 5.99. The molecule has 0 bridgehead atoms. The van der Waals surface area contributed by atoms with E-state index in [0.717, 1.165) is 12.8 Å². The molecule has 2 heterocycles. The van der Waals surface area contributed by atoms with Crippen molar-refractivity contribution in [3.8, 4) is 0 Å². The topological polar surface area (TPSA) is 36.9 Å². The van der Waals surface area contributed by atoms with E-state index in [0.29, 0.717) is 6.61 Å². The molecule has 20 heavy (non-hydrogen) atoms. The van der Waals surface area contributed by atoms with E-state index in [9.17, 15) is 0 Å². The highest BCUT2D eigenvalue weighted by molar-refractivity contribution is 4.97. The Morgan fingerprint density at radius 2 is 2.05 bits per heavy atom. The largest absolute Gasteiger partial charge is 0.369 e. The molecule has 0 radical (unpaired) electrons. The van der Waals surface area contributed by atoms with Crippen molar-refractivity contribution in [2.75, 3.05) is 6.61 Å². The summed E-state index contributed by atoms with van der Waals surface area (Å²) in [6.45, 7) is 12.3. The van der Waals surface area contributed by atoms with E-state index in [1.165, 1.54) is 5.57 Å². The smallest absolute Gasteiger partial charge is 0.190 e. The molecule has 2 fully saturated rings. The predicted molar refractivity (Wildman–Crippen MR) is 77.3 cm³/mol. The molecule has 4 atom stereocenters. The summed E-state index contributed by atoms with van der Waals surface area (Å²) in [6, 6.07) is 0. The third-order valence-electron chi connectivity index (χ3n) is 3.52. The van der Waals surface area contributed by atoms with Gasteiger partial charge in [0.25, 0.3) is 0 Å². The number of hydrogen-bond donors (Lipinski definition) is 0. The van der Waals surface area contributed by atoms with Gasteiger partial charge in [-0.15, -0.1) is 6.58 Å². The quantitative estimate of drug-likeness (QED) is 0.701. The van der Waals surface area contributed by atoms with Crippen LogP contribution >= 0.6 is 0 Å². The molecule has 0 saturated carbocycles. The number of allylic oxidation sites excluding steroid dienone is 2. The van der Waals surface area contributed by atoms with E-state index in [1.807, 2.05) is 19.9 Å². The Hall–Kier alpha value is -0.680. The van der Waals surface area contributed by atoms with E-state index < -0.39 is 5.79 Å². The fraction of sp³-hybridized carbons (Fsp3) is 0.750. The lowest BCUT2D eigenvalue weighted by molar-refractivity contribution is -0.218. The monoisotopic (exact) mass is 282 g/mol. The lowest BCUT2D eigenvalue weighted by atomic mass is 10.1. The number of hydrogen-bond acceptors (Lipinski definition) is 4. The van der Waals surface area contributed by atoms with E-state index >= 15 is 0 Å². The van der Waals surface area contributed by atoms with Crippen molar-refractivity contribution in [3.63, 3.8) is 0 Å². The summed E-state index contributed by atoms with van der Waals surface area (Å²) in [5.41, 5.74) is 1.24. The summed E-state index contributed by atoms with van der Waals surface area (Å²) in [5.74, 6) is -0.600. The summed E-state index contributed by atoms with van der Waals surface area (Å²) < 4.78 is 23.7. The van der Waals surface area contributed by atoms with Gasteiger partial charge in [-0.05, 0) is 40.5 Å². The number of fused-ring (bicyclic) bond motifs is 1. The molecule has 0 N–H and O–H groups in total. The maximum atomic E-state index is 5.99. The second-order valence-corrected chi connectivity index (χ2v) is 6.09. The van der Waals surface area contributed by atoms with Gasteiger partial charge in [0.15, 0.2) is 12.1 Å². The average Bonchev–Trinajstić information content (AvgIpc) is 2.79. The van der Waals surface area contributed by atoms with Gasteiger partial charge in [-0.25, -0.2) is 0 Å².